The third-order valence-electron chi connectivity index (χ3n) is 3.93. The molecule has 0 heterocycles. The molecule has 1 amide bonds. The first-order chi connectivity index (χ1) is 12.7. The van der Waals surface area contributed by atoms with Gasteiger partial charge >= 0.3 is 5.97 Å². The van der Waals surface area contributed by atoms with Gasteiger partial charge in [0.2, 0.25) is 0 Å². The number of aryl methyl sites for hydroxylation is 1. The van der Waals surface area contributed by atoms with Gasteiger partial charge in [-0.2, -0.15) is 0 Å². The van der Waals surface area contributed by atoms with Crippen LogP contribution in [-0.2, 0) is 31.7 Å². The summed E-state index contributed by atoms with van der Waals surface area (Å²) in [6.07, 6.45) is 0. The fourth-order valence-electron chi connectivity index (χ4n) is 2.46. The van der Waals surface area contributed by atoms with E-state index in [1.165, 1.54) is 0 Å². The Hall–Kier alpha value is -2.87. The molecule has 2 aromatic rings. The summed E-state index contributed by atoms with van der Waals surface area (Å²) in [5, 5.41) is 2.81. The van der Waals surface area contributed by atoms with Crippen LogP contribution in [0.5, 0.6) is 0 Å². The van der Waals surface area contributed by atoms with Crippen molar-refractivity contribution in [2.75, 3.05) is 18.6 Å². The SMILES string of the molecule is COC(=O)CS(=O)(=O)Cc1ccc(CNC(=O)c2cc(N)ccc2C)cc1. The molecule has 0 aromatic heterocycles. The van der Waals surface area contributed by atoms with E-state index in [1.807, 2.05) is 6.92 Å². The van der Waals surface area contributed by atoms with Gasteiger partial charge in [-0.3, -0.25) is 9.59 Å². The highest BCUT2D eigenvalue weighted by molar-refractivity contribution is 7.91. The number of benzene rings is 2. The third-order valence-corrected chi connectivity index (χ3v) is 5.38. The van der Waals surface area contributed by atoms with Crippen LogP contribution in [0, 0.1) is 6.92 Å². The van der Waals surface area contributed by atoms with Crippen molar-refractivity contribution in [2.24, 2.45) is 0 Å². The Morgan fingerprint density at radius 2 is 1.70 bits per heavy atom. The van der Waals surface area contributed by atoms with Crippen molar-refractivity contribution in [3.63, 3.8) is 0 Å². The summed E-state index contributed by atoms with van der Waals surface area (Å²) in [5.74, 6) is -1.92. The highest BCUT2D eigenvalue weighted by atomic mass is 32.2. The molecule has 144 valence electrons. The quantitative estimate of drug-likeness (QED) is 0.548. The fraction of sp³-hybridized carbons (Fsp3) is 0.263. The molecule has 0 saturated carbocycles. The van der Waals surface area contributed by atoms with Gasteiger partial charge in [0, 0.05) is 17.8 Å². The minimum Gasteiger partial charge on any atom is -0.468 e. The van der Waals surface area contributed by atoms with Crippen molar-refractivity contribution in [3.8, 4) is 0 Å². The number of amides is 1. The van der Waals surface area contributed by atoms with E-state index in [0.717, 1.165) is 18.2 Å². The minimum absolute atomic E-state index is 0.232. The molecule has 0 unspecified atom stereocenters. The van der Waals surface area contributed by atoms with Crippen molar-refractivity contribution < 1.29 is 22.7 Å². The summed E-state index contributed by atoms with van der Waals surface area (Å²) in [5.41, 5.74) is 8.95. The molecule has 27 heavy (non-hydrogen) atoms. The predicted octanol–water partition coefficient (Wildman–Crippen LogP) is 1.60. The molecule has 7 nitrogen and oxygen atoms in total. The molecule has 0 aliphatic rings. The molecule has 0 aliphatic heterocycles. The van der Waals surface area contributed by atoms with Crippen LogP contribution in [0.1, 0.15) is 27.0 Å². The average molecular weight is 390 g/mol. The molecule has 2 aromatic carbocycles. The van der Waals surface area contributed by atoms with Gasteiger partial charge in [0.25, 0.3) is 5.91 Å². The minimum atomic E-state index is -3.59. The lowest BCUT2D eigenvalue weighted by atomic mass is 10.1. The Bertz CT molecular complexity index is 937. The molecule has 0 fully saturated rings. The zero-order valence-electron chi connectivity index (χ0n) is 15.2. The van der Waals surface area contributed by atoms with Crippen LogP contribution >= 0.6 is 0 Å². The zero-order chi connectivity index (χ0) is 20.0. The lowest BCUT2D eigenvalue weighted by Crippen LogP contribution is -2.23. The van der Waals surface area contributed by atoms with Crippen LogP contribution in [0.4, 0.5) is 5.69 Å². The Labute approximate surface area is 158 Å². The van der Waals surface area contributed by atoms with E-state index in [9.17, 15) is 18.0 Å². The first kappa shape index (κ1) is 20.4. The number of nitrogens with one attached hydrogen (secondary N) is 1. The largest absolute Gasteiger partial charge is 0.468 e. The number of hydrogen-bond donors (Lipinski definition) is 2. The monoisotopic (exact) mass is 390 g/mol. The van der Waals surface area contributed by atoms with E-state index in [-0.39, 0.29) is 11.7 Å². The number of methoxy groups -OCH3 is 1. The number of sulfone groups is 1. The maximum absolute atomic E-state index is 12.3. The second kappa shape index (κ2) is 8.68. The van der Waals surface area contributed by atoms with E-state index in [4.69, 9.17) is 5.73 Å². The Morgan fingerprint density at radius 1 is 1.07 bits per heavy atom. The fourth-order valence-corrected chi connectivity index (χ4v) is 3.74. The molecule has 0 aliphatic carbocycles. The van der Waals surface area contributed by atoms with Gasteiger partial charge < -0.3 is 15.8 Å². The third kappa shape index (κ3) is 6.10. The van der Waals surface area contributed by atoms with Gasteiger partial charge in [-0.05, 0) is 35.7 Å². The predicted molar refractivity (Wildman–Crippen MR) is 103 cm³/mol. The van der Waals surface area contributed by atoms with E-state index in [2.05, 4.69) is 10.1 Å². The number of carbonyl (C=O) groups is 2. The van der Waals surface area contributed by atoms with Crippen molar-refractivity contribution in [3.05, 3.63) is 64.7 Å². The molecule has 8 heteroatoms. The number of rotatable bonds is 7. The number of nitrogens with two attached hydrogens (primary N) is 1. The van der Waals surface area contributed by atoms with Crippen LogP contribution < -0.4 is 11.1 Å². The topological polar surface area (TPSA) is 116 Å². The van der Waals surface area contributed by atoms with Crippen molar-refractivity contribution in [1.29, 1.82) is 0 Å². The standard InChI is InChI=1S/C19H22N2O5S/c1-13-3-8-16(20)9-17(13)19(23)21-10-14-4-6-15(7-5-14)11-27(24,25)12-18(22)26-2/h3-9H,10-12,20H2,1-2H3,(H,21,23). The molecular formula is C19H22N2O5S. The number of carbonyl (C=O) groups excluding carboxylic acids is 2. The second-order valence-corrected chi connectivity index (χ2v) is 8.25. The number of nitrogen functional groups attached to an aromatic ring is 1. The Morgan fingerprint density at radius 3 is 2.33 bits per heavy atom. The Kier molecular flexibility index (Phi) is 6.57. The Balaban J connectivity index is 1.97. The summed E-state index contributed by atoms with van der Waals surface area (Å²) in [6, 6.07) is 11.9. The van der Waals surface area contributed by atoms with E-state index in [0.29, 0.717) is 23.4 Å². The lowest BCUT2D eigenvalue weighted by molar-refractivity contribution is -0.137. The smallest absolute Gasteiger partial charge is 0.320 e. The van der Waals surface area contributed by atoms with Crippen molar-refractivity contribution in [2.45, 2.75) is 19.2 Å². The van der Waals surface area contributed by atoms with Gasteiger partial charge in [0.1, 0.15) is 5.75 Å². The van der Waals surface area contributed by atoms with Gasteiger partial charge in [0.05, 0.1) is 12.9 Å². The number of hydrogen-bond acceptors (Lipinski definition) is 6. The number of ether oxygens (including phenoxy) is 1. The molecule has 0 saturated heterocycles. The van der Waals surface area contributed by atoms with Gasteiger partial charge in [0.15, 0.2) is 9.84 Å². The first-order valence-electron chi connectivity index (χ1n) is 8.19. The van der Waals surface area contributed by atoms with Crippen LogP contribution in [0.3, 0.4) is 0 Å². The highest BCUT2D eigenvalue weighted by Crippen LogP contribution is 2.13. The maximum atomic E-state index is 12.3. The number of anilines is 1. The summed E-state index contributed by atoms with van der Waals surface area (Å²) < 4.78 is 28.2. The van der Waals surface area contributed by atoms with Gasteiger partial charge in [-0.25, -0.2) is 8.42 Å². The van der Waals surface area contributed by atoms with Crippen LogP contribution in [-0.4, -0.2) is 33.2 Å². The zero-order valence-corrected chi connectivity index (χ0v) is 16.0. The average Bonchev–Trinajstić information content (AvgIpc) is 2.62. The normalized spacial score (nSPS) is 11.0. The molecule has 0 radical (unpaired) electrons. The maximum Gasteiger partial charge on any atom is 0.320 e. The van der Waals surface area contributed by atoms with E-state index in [1.54, 1.807) is 42.5 Å². The summed E-state index contributed by atoms with van der Waals surface area (Å²) in [6.45, 7) is 2.13. The number of esters is 1. The summed E-state index contributed by atoms with van der Waals surface area (Å²) in [4.78, 5) is 23.4. The summed E-state index contributed by atoms with van der Waals surface area (Å²) in [7, 11) is -2.44. The van der Waals surface area contributed by atoms with Gasteiger partial charge in [-0.15, -0.1) is 0 Å². The molecule has 0 bridgehead atoms. The molecule has 2 rings (SSSR count). The highest BCUT2D eigenvalue weighted by Gasteiger charge is 2.17. The van der Waals surface area contributed by atoms with Crippen molar-refractivity contribution in [1.82, 2.24) is 5.32 Å². The molecule has 0 atom stereocenters. The molecular weight excluding hydrogens is 368 g/mol. The lowest BCUT2D eigenvalue weighted by Gasteiger charge is -2.09. The van der Waals surface area contributed by atoms with Crippen LogP contribution in [0.15, 0.2) is 42.5 Å². The molecule has 3 N–H and O–H groups in total. The van der Waals surface area contributed by atoms with Gasteiger partial charge in [-0.1, -0.05) is 30.3 Å². The van der Waals surface area contributed by atoms with Crippen LogP contribution in [0.25, 0.3) is 0 Å². The van der Waals surface area contributed by atoms with Crippen molar-refractivity contribution >= 4 is 27.4 Å². The summed E-state index contributed by atoms with van der Waals surface area (Å²) >= 11 is 0. The first-order valence-corrected chi connectivity index (χ1v) is 10.0. The van der Waals surface area contributed by atoms with E-state index >= 15 is 0 Å². The molecule has 0 spiro atoms. The van der Waals surface area contributed by atoms with E-state index < -0.39 is 21.6 Å². The van der Waals surface area contributed by atoms with Crippen LogP contribution in [0.2, 0.25) is 0 Å². The second-order valence-electron chi connectivity index (χ2n) is 6.18.